The van der Waals surface area contributed by atoms with Crippen molar-refractivity contribution in [1.82, 2.24) is 9.55 Å². The number of carbonyl (C=O) groups is 1. The van der Waals surface area contributed by atoms with Crippen LogP contribution >= 0.6 is 0 Å². The van der Waals surface area contributed by atoms with Crippen molar-refractivity contribution in [3.05, 3.63) is 76.3 Å². The van der Waals surface area contributed by atoms with E-state index in [1.165, 1.54) is 37.4 Å². The zero-order chi connectivity index (χ0) is 19.8. The number of aromatic nitrogens is 2. The Hall–Kier alpha value is -3.42. The summed E-state index contributed by atoms with van der Waals surface area (Å²) in [4.78, 5) is 27.8. The Balaban J connectivity index is 2.16. The van der Waals surface area contributed by atoms with Gasteiger partial charge in [0.25, 0.3) is 11.5 Å². The molecule has 0 saturated heterocycles. The van der Waals surface area contributed by atoms with Crippen molar-refractivity contribution in [2.75, 3.05) is 0 Å². The van der Waals surface area contributed by atoms with Crippen LogP contribution < -0.4 is 11.3 Å². The quantitative estimate of drug-likeness (QED) is 0.766. The molecular formula is C19H14F3N3O2. The van der Waals surface area contributed by atoms with Crippen molar-refractivity contribution in [2.45, 2.75) is 6.18 Å². The molecule has 0 aliphatic heterocycles. The van der Waals surface area contributed by atoms with Crippen LogP contribution in [0.25, 0.3) is 22.4 Å². The van der Waals surface area contributed by atoms with E-state index >= 15 is 0 Å². The Labute approximate surface area is 151 Å². The molecule has 0 bridgehead atoms. The second-order valence-electron chi connectivity index (χ2n) is 5.84. The number of rotatable bonds is 3. The first-order valence-corrected chi connectivity index (χ1v) is 7.83. The van der Waals surface area contributed by atoms with E-state index in [4.69, 9.17) is 5.73 Å². The predicted octanol–water partition coefficient (Wildman–Crippen LogP) is 3.23. The lowest BCUT2D eigenvalue weighted by Crippen LogP contribution is -2.28. The van der Waals surface area contributed by atoms with Crippen molar-refractivity contribution < 1.29 is 18.0 Å². The van der Waals surface area contributed by atoms with E-state index in [0.29, 0.717) is 11.1 Å². The fourth-order valence-corrected chi connectivity index (χ4v) is 2.78. The van der Waals surface area contributed by atoms with Gasteiger partial charge in [-0.05, 0) is 23.3 Å². The molecule has 0 unspecified atom stereocenters. The number of amides is 1. The van der Waals surface area contributed by atoms with E-state index in [-0.39, 0.29) is 17.0 Å². The molecular weight excluding hydrogens is 359 g/mol. The fourth-order valence-electron chi connectivity index (χ4n) is 2.78. The van der Waals surface area contributed by atoms with Gasteiger partial charge in [-0.2, -0.15) is 13.2 Å². The van der Waals surface area contributed by atoms with E-state index in [1.807, 2.05) is 0 Å². The van der Waals surface area contributed by atoms with E-state index in [9.17, 15) is 22.8 Å². The highest BCUT2D eigenvalue weighted by atomic mass is 19.4. The summed E-state index contributed by atoms with van der Waals surface area (Å²) >= 11 is 0. The largest absolute Gasteiger partial charge is 0.417 e. The van der Waals surface area contributed by atoms with Crippen molar-refractivity contribution in [1.29, 1.82) is 0 Å². The standard InChI is InChI=1S/C19H14F3N3O2/c1-25-15(17(23)26)10-24-16(18(25)27)12-6-4-5-11(9-12)13-7-2-3-8-14(13)19(20,21)22/h2-10H,1H3,(H2,23,26). The molecule has 1 heterocycles. The fraction of sp³-hybridized carbons (Fsp3) is 0.105. The number of halogens is 3. The normalized spacial score (nSPS) is 11.4. The lowest BCUT2D eigenvalue weighted by atomic mass is 9.97. The minimum absolute atomic E-state index is 0.00238. The average molecular weight is 373 g/mol. The first kappa shape index (κ1) is 18.4. The topological polar surface area (TPSA) is 78.0 Å². The van der Waals surface area contributed by atoms with Gasteiger partial charge in [0, 0.05) is 12.6 Å². The number of alkyl halides is 3. The molecule has 2 aromatic carbocycles. The van der Waals surface area contributed by atoms with Gasteiger partial charge < -0.3 is 10.3 Å². The lowest BCUT2D eigenvalue weighted by molar-refractivity contribution is -0.137. The highest BCUT2D eigenvalue weighted by Crippen LogP contribution is 2.37. The van der Waals surface area contributed by atoms with Gasteiger partial charge >= 0.3 is 6.18 Å². The number of carbonyl (C=O) groups excluding carboxylic acids is 1. The van der Waals surface area contributed by atoms with Crippen LogP contribution in [-0.4, -0.2) is 15.5 Å². The summed E-state index contributed by atoms with van der Waals surface area (Å²) in [5.74, 6) is -0.804. The van der Waals surface area contributed by atoms with Crippen LogP contribution in [-0.2, 0) is 13.2 Å². The molecule has 0 atom stereocenters. The summed E-state index contributed by atoms with van der Waals surface area (Å²) in [5.41, 5.74) is 4.40. The van der Waals surface area contributed by atoms with Gasteiger partial charge in [0.15, 0.2) is 0 Å². The lowest BCUT2D eigenvalue weighted by Gasteiger charge is -2.13. The molecule has 0 spiro atoms. The molecule has 27 heavy (non-hydrogen) atoms. The van der Waals surface area contributed by atoms with Gasteiger partial charge in [-0.1, -0.05) is 36.4 Å². The summed E-state index contributed by atoms with van der Waals surface area (Å²) < 4.78 is 40.9. The summed E-state index contributed by atoms with van der Waals surface area (Å²) in [5, 5.41) is 0. The molecule has 3 aromatic rings. The third-order valence-electron chi connectivity index (χ3n) is 4.12. The summed E-state index contributed by atoms with van der Waals surface area (Å²) in [7, 11) is 1.37. The van der Waals surface area contributed by atoms with Gasteiger partial charge in [0.05, 0.1) is 11.8 Å². The van der Waals surface area contributed by atoms with Crippen LogP contribution in [0.1, 0.15) is 16.1 Å². The smallest absolute Gasteiger partial charge is 0.364 e. The second-order valence-corrected chi connectivity index (χ2v) is 5.84. The average Bonchev–Trinajstić information content (AvgIpc) is 2.63. The third-order valence-corrected chi connectivity index (χ3v) is 4.12. The van der Waals surface area contributed by atoms with E-state index < -0.39 is 23.2 Å². The van der Waals surface area contributed by atoms with Crippen LogP contribution in [0.5, 0.6) is 0 Å². The molecule has 1 aromatic heterocycles. The highest BCUT2D eigenvalue weighted by Gasteiger charge is 2.33. The molecule has 0 fully saturated rings. The Morgan fingerprint density at radius 1 is 1.07 bits per heavy atom. The Kier molecular flexibility index (Phi) is 4.57. The number of primary amides is 1. The van der Waals surface area contributed by atoms with Crippen LogP contribution in [0, 0.1) is 0 Å². The SMILES string of the molecule is Cn1c(C(N)=O)cnc(-c2cccc(-c3ccccc3C(F)(F)F)c2)c1=O. The van der Waals surface area contributed by atoms with Crippen LogP contribution in [0.15, 0.2) is 59.5 Å². The van der Waals surface area contributed by atoms with Crippen molar-refractivity contribution in [3.8, 4) is 22.4 Å². The molecule has 138 valence electrons. The van der Waals surface area contributed by atoms with E-state index in [1.54, 1.807) is 12.1 Å². The van der Waals surface area contributed by atoms with Gasteiger partial charge in [0.2, 0.25) is 0 Å². The zero-order valence-corrected chi connectivity index (χ0v) is 14.1. The second kappa shape index (κ2) is 6.71. The summed E-state index contributed by atoms with van der Waals surface area (Å²) in [6.45, 7) is 0. The van der Waals surface area contributed by atoms with Crippen molar-refractivity contribution in [2.24, 2.45) is 12.8 Å². The zero-order valence-electron chi connectivity index (χ0n) is 14.1. The molecule has 0 aliphatic carbocycles. The Morgan fingerprint density at radius 2 is 1.74 bits per heavy atom. The molecule has 2 N–H and O–H groups in total. The first-order valence-electron chi connectivity index (χ1n) is 7.83. The van der Waals surface area contributed by atoms with Crippen LogP contribution in [0.2, 0.25) is 0 Å². The Morgan fingerprint density at radius 3 is 2.41 bits per heavy atom. The maximum atomic E-state index is 13.3. The van der Waals surface area contributed by atoms with Crippen molar-refractivity contribution >= 4 is 5.91 Å². The molecule has 8 heteroatoms. The van der Waals surface area contributed by atoms with E-state index in [2.05, 4.69) is 4.98 Å². The number of hydrogen-bond acceptors (Lipinski definition) is 3. The number of benzene rings is 2. The van der Waals surface area contributed by atoms with Crippen molar-refractivity contribution in [3.63, 3.8) is 0 Å². The molecule has 1 amide bonds. The maximum absolute atomic E-state index is 13.3. The minimum Gasteiger partial charge on any atom is -0.364 e. The third kappa shape index (κ3) is 3.46. The summed E-state index contributed by atoms with van der Waals surface area (Å²) in [6.07, 6.45) is -3.35. The molecule has 0 aliphatic rings. The first-order chi connectivity index (χ1) is 12.7. The highest BCUT2D eigenvalue weighted by molar-refractivity contribution is 5.91. The predicted molar refractivity (Wildman–Crippen MR) is 93.9 cm³/mol. The minimum atomic E-state index is -4.51. The monoisotopic (exact) mass is 373 g/mol. The van der Waals surface area contributed by atoms with Gasteiger partial charge in [0.1, 0.15) is 11.4 Å². The van der Waals surface area contributed by atoms with Gasteiger partial charge in [-0.25, -0.2) is 4.98 Å². The van der Waals surface area contributed by atoms with Crippen LogP contribution in [0.3, 0.4) is 0 Å². The van der Waals surface area contributed by atoms with Gasteiger partial charge in [-0.15, -0.1) is 0 Å². The maximum Gasteiger partial charge on any atom is 0.417 e. The van der Waals surface area contributed by atoms with Crippen LogP contribution in [0.4, 0.5) is 13.2 Å². The number of nitrogens with two attached hydrogens (primary N) is 1. The van der Waals surface area contributed by atoms with E-state index in [0.717, 1.165) is 16.8 Å². The Bertz CT molecular complexity index is 1090. The summed E-state index contributed by atoms with van der Waals surface area (Å²) in [6, 6.07) is 11.3. The molecule has 3 rings (SSSR count). The molecule has 5 nitrogen and oxygen atoms in total. The number of hydrogen-bond donors (Lipinski definition) is 1. The van der Waals surface area contributed by atoms with Gasteiger partial charge in [-0.3, -0.25) is 9.59 Å². The number of nitrogens with zero attached hydrogens (tertiary/aromatic N) is 2. The molecule has 0 saturated carbocycles. The molecule has 0 radical (unpaired) electrons.